The predicted molar refractivity (Wildman–Crippen MR) is 135 cm³/mol. The minimum atomic E-state index is -3.45. The molecule has 3 aromatic heterocycles. The van der Waals surface area contributed by atoms with Crippen LogP contribution in [0.25, 0.3) is 5.65 Å². The van der Waals surface area contributed by atoms with Crippen molar-refractivity contribution in [1.82, 2.24) is 23.9 Å². The molecule has 0 radical (unpaired) electrons. The fourth-order valence-corrected chi connectivity index (χ4v) is 6.15. The Morgan fingerprint density at radius 3 is 2.71 bits per heavy atom. The maximum Gasteiger partial charge on any atom is 0.239 e. The number of nitrogens with zero attached hydrogens (tertiary/aromatic N) is 5. The molecular weight excluding hydrogens is 449 g/mol. The van der Waals surface area contributed by atoms with E-state index in [4.69, 9.17) is 10.7 Å². The third kappa shape index (κ3) is 4.45. The molecule has 0 atom stereocenters. The van der Waals surface area contributed by atoms with E-state index in [-0.39, 0.29) is 5.92 Å². The number of sulfonamides is 1. The highest BCUT2D eigenvalue weighted by molar-refractivity contribution is 7.93. The van der Waals surface area contributed by atoms with E-state index in [1.165, 1.54) is 0 Å². The normalized spacial score (nSPS) is 18.0. The summed E-state index contributed by atoms with van der Waals surface area (Å²) in [6.07, 6.45) is 11.3. The van der Waals surface area contributed by atoms with Gasteiger partial charge >= 0.3 is 0 Å². The Morgan fingerprint density at radius 1 is 1.18 bits per heavy atom. The molecule has 1 aliphatic carbocycles. The topological polar surface area (TPSA) is 119 Å². The minimum absolute atomic E-state index is 0.181. The molecule has 9 nitrogen and oxygen atoms in total. The van der Waals surface area contributed by atoms with Gasteiger partial charge in [0.1, 0.15) is 13.7 Å². The molecular formula is C23H28BN7O2S. The van der Waals surface area contributed by atoms with Crippen molar-refractivity contribution in [1.29, 1.82) is 0 Å². The third-order valence-corrected chi connectivity index (χ3v) is 8.60. The van der Waals surface area contributed by atoms with E-state index in [0.717, 1.165) is 46.7 Å². The zero-order valence-electron chi connectivity index (χ0n) is 19.2. The van der Waals surface area contributed by atoms with Crippen molar-refractivity contribution in [2.45, 2.75) is 38.1 Å². The molecule has 0 bridgehead atoms. The Morgan fingerprint density at radius 2 is 2.00 bits per heavy atom. The summed E-state index contributed by atoms with van der Waals surface area (Å²) in [5.74, 6) is 1.05. The molecule has 176 valence electrons. The number of allylic oxidation sites excluding steroid dienone is 4. The van der Waals surface area contributed by atoms with Crippen LogP contribution in [0.3, 0.4) is 0 Å². The fraction of sp³-hybridized carbons (Fsp3) is 0.348. The first-order valence-corrected chi connectivity index (χ1v) is 13.0. The lowest BCUT2D eigenvalue weighted by atomic mass is 9.94. The van der Waals surface area contributed by atoms with Gasteiger partial charge in [-0.3, -0.25) is 4.98 Å². The van der Waals surface area contributed by atoms with E-state index in [1.54, 1.807) is 22.7 Å². The van der Waals surface area contributed by atoms with Gasteiger partial charge < -0.3 is 11.1 Å². The maximum atomic E-state index is 13.1. The van der Waals surface area contributed by atoms with E-state index in [2.05, 4.69) is 15.4 Å². The van der Waals surface area contributed by atoms with Gasteiger partial charge in [0.25, 0.3) is 0 Å². The smallest absolute Gasteiger partial charge is 0.239 e. The van der Waals surface area contributed by atoms with Gasteiger partial charge in [-0.25, -0.2) is 13.4 Å². The number of fused-ring (bicyclic) bond motifs is 1. The van der Waals surface area contributed by atoms with Crippen LogP contribution in [0.5, 0.6) is 0 Å². The van der Waals surface area contributed by atoms with E-state index in [0.29, 0.717) is 37.4 Å². The molecule has 34 heavy (non-hydrogen) atoms. The predicted octanol–water partition coefficient (Wildman–Crippen LogP) is 1.02. The van der Waals surface area contributed by atoms with Crippen molar-refractivity contribution in [3.63, 3.8) is 0 Å². The van der Waals surface area contributed by atoms with Gasteiger partial charge in [0.05, 0.1) is 4.91 Å². The lowest BCUT2D eigenvalue weighted by molar-refractivity contribution is 0.318. The Bertz CT molecular complexity index is 1360. The second-order valence-electron chi connectivity index (χ2n) is 8.90. The van der Waals surface area contributed by atoms with Crippen molar-refractivity contribution in [2.24, 2.45) is 5.73 Å². The number of nitrogens with two attached hydrogens (primary N) is 1. The lowest BCUT2D eigenvalue weighted by Crippen LogP contribution is -2.39. The van der Waals surface area contributed by atoms with Crippen LogP contribution in [0.2, 0.25) is 0 Å². The van der Waals surface area contributed by atoms with E-state index >= 15 is 0 Å². The first kappa shape index (κ1) is 22.6. The monoisotopic (exact) mass is 477 g/mol. The average molecular weight is 477 g/mol. The summed E-state index contributed by atoms with van der Waals surface area (Å²) >= 11 is 0. The Balaban J connectivity index is 1.34. The van der Waals surface area contributed by atoms with Crippen molar-refractivity contribution in [3.8, 4) is 0 Å². The van der Waals surface area contributed by atoms with Crippen LogP contribution in [-0.4, -0.2) is 53.2 Å². The molecule has 0 amide bonds. The zero-order chi connectivity index (χ0) is 23.7. The molecule has 11 heteroatoms. The van der Waals surface area contributed by atoms with Crippen LogP contribution in [0, 0.1) is 0 Å². The molecule has 3 aromatic rings. The standard InChI is InChI=1S/C23H28BN7O2S/c24-20-15-28-31-22(27-14-16-2-1-9-26-13-16)12-21(29-23(20)31)17-7-10-30(11-8-17)34(32,33)19-5-3-18(25)4-6-19/h1-3,5,9,12-13,15,17,27H,4,6-8,10-11,14,24-25H2. The van der Waals surface area contributed by atoms with Crippen LogP contribution in [0.4, 0.5) is 5.82 Å². The summed E-state index contributed by atoms with van der Waals surface area (Å²) in [4.78, 5) is 9.54. The van der Waals surface area contributed by atoms with E-state index in [1.807, 2.05) is 43.0 Å². The summed E-state index contributed by atoms with van der Waals surface area (Å²) < 4.78 is 29.6. The van der Waals surface area contributed by atoms with Crippen molar-refractivity contribution in [3.05, 3.63) is 70.8 Å². The molecule has 1 fully saturated rings. The minimum Gasteiger partial charge on any atom is -0.402 e. The first-order valence-electron chi connectivity index (χ1n) is 11.6. The van der Waals surface area contributed by atoms with Gasteiger partial charge in [-0.05, 0) is 54.9 Å². The number of hydrogen-bond donors (Lipinski definition) is 2. The Labute approximate surface area is 200 Å². The zero-order valence-corrected chi connectivity index (χ0v) is 20.0. The largest absolute Gasteiger partial charge is 0.402 e. The summed E-state index contributed by atoms with van der Waals surface area (Å²) in [5.41, 5.74) is 10.4. The number of piperidine rings is 1. The van der Waals surface area contributed by atoms with E-state index in [9.17, 15) is 8.42 Å². The maximum absolute atomic E-state index is 13.1. The van der Waals surface area contributed by atoms with Crippen LogP contribution in [-0.2, 0) is 16.6 Å². The molecule has 0 saturated carbocycles. The number of nitrogens with one attached hydrogen (secondary N) is 1. The van der Waals surface area contributed by atoms with Gasteiger partial charge in [-0.15, -0.1) is 0 Å². The number of anilines is 1. The third-order valence-electron chi connectivity index (χ3n) is 6.55. The van der Waals surface area contributed by atoms with Crippen LogP contribution >= 0.6 is 0 Å². The van der Waals surface area contributed by atoms with Gasteiger partial charge in [0.15, 0.2) is 5.65 Å². The Kier molecular flexibility index (Phi) is 6.14. The first-order chi connectivity index (χ1) is 16.4. The molecule has 4 heterocycles. The highest BCUT2D eigenvalue weighted by Crippen LogP contribution is 2.32. The molecule has 0 unspecified atom stereocenters. The molecule has 0 aromatic carbocycles. The number of aromatic nitrogens is 4. The van der Waals surface area contributed by atoms with Crippen LogP contribution in [0.15, 0.2) is 59.5 Å². The summed E-state index contributed by atoms with van der Waals surface area (Å²) in [6.45, 7) is 1.58. The Hall–Kier alpha value is -3.18. The average Bonchev–Trinajstić information content (AvgIpc) is 3.24. The van der Waals surface area contributed by atoms with Crippen molar-refractivity contribution < 1.29 is 8.42 Å². The summed E-state index contributed by atoms with van der Waals surface area (Å²) in [7, 11) is -1.45. The molecule has 3 N–H and O–H groups in total. The fourth-order valence-electron chi connectivity index (χ4n) is 4.53. The highest BCUT2D eigenvalue weighted by Gasteiger charge is 2.32. The number of rotatable bonds is 6. The van der Waals surface area contributed by atoms with Gasteiger partial charge in [-0.1, -0.05) is 6.07 Å². The second kappa shape index (κ2) is 9.23. The highest BCUT2D eigenvalue weighted by atomic mass is 32.2. The van der Waals surface area contributed by atoms with Crippen LogP contribution < -0.4 is 16.5 Å². The molecule has 0 spiro atoms. The SMILES string of the molecule is Bc1cnn2c(NCc3cccnc3)cc(C3CCN(S(=O)(=O)C4=CC=C(N)CC4)CC3)nc12. The summed E-state index contributed by atoms with van der Waals surface area (Å²) in [5, 5.41) is 7.95. The quantitative estimate of drug-likeness (QED) is 0.509. The summed E-state index contributed by atoms with van der Waals surface area (Å²) in [6, 6.07) is 5.98. The molecule has 1 saturated heterocycles. The van der Waals surface area contributed by atoms with Crippen LogP contribution in [0.1, 0.15) is 42.9 Å². The molecule has 1 aliphatic heterocycles. The van der Waals surface area contributed by atoms with Gasteiger partial charge in [0.2, 0.25) is 10.0 Å². The van der Waals surface area contributed by atoms with Crippen molar-refractivity contribution in [2.75, 3.05) is 18.4 Å². The lowest BCUT2D eigenvalue weighted by Gasteiger charge is -2.32. The van der Waals surface area contributed by atoms with Gasteiger partial charge in [-0.2, -0.15) is 13.9 Å². The van der Waals surface area contributed by atoms with E-state index < -0.39 is 10.0 Å². The molecule has 5 rings (SSSR count). The number of hydrogen-bond acceptors (Lipinski definition) is 7. The molecule has 2 aliphatic rings. The van der Waals surface area contributed by atoms with Crippen molar-refractivity contribution >= 4 is 34.8 Å². The second-order valence-corrected chi connectivity index (χ2v) is 10.9. The number of pyridine rings is 1. The van der Waals surface area contributed by atoms with Gasteiger partial charge in [0, 0.05) is 61.6 Å².